The first-order valence-electron chi connectivity index (χ1n) is 10.1. The molecular weight excluding hydrogens is 324 g/mol. The number of hydrogen-bond acceptors (Lipinski definition) is 3. The number of nitrogens with one attached hydrogen (secondary N) is 1. The lowest BCUT2D eigenvalue weighted by molar-refractivity contribution is -0.116. The first-order chi connectivity index (χ1) is 12.5. The first-order valence-corrected chi connectivity index (χ1v) is 10.1. The number of carbonyl (C=O) groups is 1. The summed E-state index contributed by atoms with van der Waals surface area (Å²) in [5.41, 5.74) is 5.71. The van der Waals surface area contributed by atoms with E-state index in [1.165, 1.54) is 16.7 Å². The summed E-state index contributed by atoms with van der Waals surface area (Å²) in [5.74, 6) is 0.806. The summed E-state index contributed by atoms with van der Waals surface area (Å²) in [6.07, 6.45) is 7.46. The summed E-state index contributed by atoms with van der Waals surface area (Å²) < 4.78 is 6.01. The smallest absolute Gasteiger partial charge is 0.185 e. The molecule has 0 aromatic rings. The van der Waals surface area contributed by atoms with Crippen LogP contribution < -0.4 is 5.32 Å². The van der Waals surface area contributed by atoms with Gasteiger partial charge in [-0.05, 0) is 56.1 Å². The summed E-state index contributed by atoms with van der Waals surface area (Å²) in [5, 5.41) is 3.23. The molecule has 4 heteroatoms. The molecule has 2 aliphatic carbocycles. The lowest BCUT2D eigenvalue weighted by Crippen LogP contribution is -2.38. The maximum atomic E-state index is 12.9. The lowest BCUT2D eigenvalue weighted by Gasteiger charge is -2.30. The number of Topliss-reactive ketones (excluding diaryl/α,β-unsaturated/α-hetero) is 1. The zero-order valence-corrected chi connectivity index (χ0v) is 16.6. The number of aliphatic imine (C=N–C) groups is 1. The Bertz CT molecular complexity index is 686. The van der Waals surface area contributed by atoms with E-state index in [9.17, 15) is 4.79 Å². The number of rotatable bonds is 6. The molecule has 0 bridgehead atoms. The van der Waals surface area contributed by atoms with Gasteiger partial charge in [0.1, 0.15) is 11.9 Å². The van der Waals surface area contributed by atoms with Gasteiger partial charge in [-0.15, -0.1) is 0 Å². The largest absolute Gasteiger partial charge is 0.355 e. The second-order valence-corrected chi connectivity index (χ2v) is 7.74. The average molecular weight is 357 g/mol. The molecule has 0 aromatic heterocycles. The minimum absolute atomic E-state index is 0.104. The number of ketones is 1. The van der Waals surface area contributed by atoms with Crippen LogP contribution in [0.5, 0.6) is 0 Å². The molecule has 3 rings (SSSR count). The molecular formula is C22H32N2O2. The van der Waals surface area contributed by atoms with Crippen molar-refractivity contribution in [3.63, 3.8) is 0 Å². The molecule has 0 radical (unpaired) electrons. The van der Waals surface area contributed by atoms with Crippen LogP contribution in [0.4, 0.5) is 0 Å². The Balaban J connectivity index is 1.77. The van der Waals surface area contributed by atoms with E-state index in [1.54, 1.807) is 6.34 Å². The Morgan fingerprint density at radius 2 is 2.00 bits per heavy atom. The minimum Gasteiger partial charge on any atom is -0.355 e. The Kier molecular flexibility index (Phi) is 5.81. The molecule has 4 unspecified atom stereocenters. The third-order valence-corrected chi connectivity index (χ3v) is 5.99. The molecule has 0 aromatic carbocycles. The average Bonchev–Trinajstić information content (AvgIpc) is 3.42. The molecule has 2 fully saturated rings. The highest BCUT2D eigenvalue weighted by Crippen LogP contribution is 2.52. The molecule has 142 valence electrons. The predicted molar refractivity (Wildman–Crippen MR) is 106 cm³/mol. The molecule has 1 N–H and O–H groups in total. The highest BCUT2D eigenvalue weighted by molar-refractivity contribution is 6.02. The van der Waals surface area contributed by atoms with Gasteiger partial charge in [0.05, 0.1) is 12.4 Å². The van der Waals surface area contributed by atoms with Crippen LogP contribution in [0.2, 0.25) is 0 Å². The highest BCUT2D eigenvalue weighted by atomic mass is 16.5. The third kappa shape index (κ3) is 3.71. The SMILES string of the molecule is C=C1CC(CC)OC(N/C=N\C2=C(C)C(CC)=C(CC)C3CC3C2=O)C1. The molecule has 1 saturated heterocycles. The molecule has 4 nitrogen and oxygen atoms in total. The normalized spacial score (nSPS) is 32.2. The molecule has 4 atom stereocenters. The topological polar surface area (TPSA) is 50.7 Å². The molecule has 26 heavy (non-hydrogen) atoms. The zero-order valence-electron chi connectivity index (χ0n) is 16.6. The van der Waals surface area contributed by atoms with E-state index in [0.717, 1.165) is 44.1 Å². The van der Waals surface area contributed by atoms with Gasteiger partial charge < -0.3 is 10.1 Å². The summed E-state index contributed by atoms with van der Waals surface area (Å²) in [7, 11) is 0. The van der Waals surface area contributed by atoms with Crippen LogP contribution in [0.15, 0.2) is 39.6 Å². The predicted octanol–water partition coefficient (Wildman–Crippen LogP) is 4.69. The fourth-order valence-corrected chi connectivity index (χ4v) is 4.49. The van der Waals surface area contributed by atoms with Crippen molar-refractivity contribution >= 4 is 12.1 Å². The quantitative estimate of drug-likeness (QED) is 0.427. The van der Waals surface area contributed by atoms with Crippen molar-refractivity contribution in [1.82, 2.24) is 5.32 Å². The fourth-order valence-electron chi connectivity index (χ4n) is 4.49. The second kappa shape index (κ2) is 7.91. The van der Waals surface area contributed by atoms with Gasteiger partial charge in [-0.2, -0.15) is 0 Å². The molecule has 1 heterocycles. The highest BCUT2D eigenvalue weighted by Gasteiger charge is 2.48. The van der Waals surface area contributed by atoms with Gasteiger partial charge in [-0.3, -0.25) is 4.79 Å². The standard InChI is InChI=1S/C22H32N2O2/c1-6-15-9-13(4)10-20(26-15)23-12-24-21-14(5)16(7-2)17(8-3)18-11-19(18)22(21)25/h12,15,18-20H,4,6-11H2,1-3,5H3,(H,23,24). The lowest BCUT2D eigenvalue weighted by atomic mass is 9.94. The van der Waals surface area contributed by atoms with E-state index in [2.05, 4.69) is 44.6 Å². The van der Waals surface area contributed by atoms with Crippen molar-refractivity contribution in [3.8, 4) is 0 Å². The van der Waals surface area contributed by atoms with Crippen LogP contribution >= 0.6 is 0 Å². The fraction of sp³-hybridized carbons (Fsp3) is 0.636. The van der Waals surface area contributed by atoms with Crippen LogP contribution in [0.25, 0.3) is 0 Å². The van der Waals surface area contributed by atoms with Crippen molar-refractivity contribution in [2.75, 3.05) is 0 Å². The Morgan fingerprint density at radius 1 is 1.23 bits per heavy atom. The molecule has 3 aliphatic rings. The summed E-state index contributed by atoms with van der Waals surface area (Å²) in [6.45, 7) is 12.7. The van der Waals surface area contributed by atoms with Crippen LogP contribution in [-0.2, 0) is 9.53 Å². The van der Waals surface area contributed by atoms with Gasteiger partial charge in [0, 0.05) is 12.3 Å². The monoisotopic (exact) mass is 356 g/mol. The molecule has 0 spiro atoms. The van der Waals surface area contributed by atoms with Crippen molar-refractivity contribution in [1.29, 1.82) is 0 Å². The maximum Gasteiger partial charge on any atom is 0.185 e. The van der Waals surface area contributed by atoms with E-state index in [1.807, 2.05) is 0 Å². The number of hydrogen-bond donors (Lipinski definition) is 1. The van der Waals surface area contributed by atoms with Crippen molar-refractivity contribution < 1.29 is 9.53 Å². The van der Waals surface area contributed by atoms with E-state index in [0.29, 0.717) is 11.6 Å². The Hall–Kier alpha value is -1.68. The van der Waals surface area contributed by atoms with Gasteiger partial charge in [0.25, 0.3) is 0 Å². The van der Waals surface area contributed by atoms with Crippen LogP contribution in [0, 0.1) is 11.8 Å². The van der Waals surface area contributed by atoms with E-state index < -0.39 is 0 Å². The Labute approximate surface area is 157 Å². The third-order valence-electron chi connectivity index (χ3n) is 5.99. The maximum absolute atomic E-state index is 12.9. The number of carbonyl (C=O) groups excluding carboxylic acids is 1. The summed E-state index contributed by atoms with van der Waals surface area (Å²) in [4.78, 5) is 17.5. The van der Waals surface area contributed by atoms with Gasteiger partial charge in [-0.25, -0.2) is 4.99 Å². The van der Waals surface area contributed by atoms with Gasteiger partial charge in [0.15, 0.2) is 5.78 Å². The molecule has 0 amide bonds. The van der Waals surface area contributed by atoms with Crippen LogP contribution in [-0.4, -0.2) is 24.5 Å². The second-order valence-electron chi connectivity index (χ2n) is 7.74. The van der Waals surface area contributed by atoms with Gasteiger partial charge in [-0.1, -0.05) is 38.5 Å². The summed E-state index contributed by atoms with van der Waals surface area (Å²) in [6, 6.07) is 0. The van der Waals surface area contributed by atoms with Gasteiger partial charge in [0.2, 0.25) is 0 Å². The van der Waals surface area contributed by atoms with Crippen molar-refractivity contribution in [2.24, 2.45) is 16.8 Å². The van der Waals surface area contributed by atoms with Crippen LogP contribution in [0.1, 0.15) is 66.2 Å². The number of nitrogens with zero attached hydrogens (tertiary/aromatic N) is 1. The zero-order chi connectivity index (χ0) is 18.8. The van der Waals surface area contributed by atoms with Crippen molar-refractivity contribution in [3.05, 3.63) is 34.6 Å². The van der Waals surface area contributed by atoms with E-state index in [-0.39, 0.29) is 24.0 Å². The summed E-state index contributed by atoms with van der Waals surface area (Å²) >= 11 is 0. The first kappa shape index (κ1) is 19.1. The number of ether oxygens (including phenoxy) is 1. The van der Waals surface area contributed by atoms with E-state index in [4.69, 9.17) is 4.74 Å². The molecule has 1 aliphatic heterocycles. The van der Waals surface area contributed by atoms with Crippen LogP contribution in [0.3, 0.4) is 0 Å². The van der Waals surface area contributed by atoms with E-state index >= 15 is 0 Å². The number of fused-ring (bicyclic) bond motifs is 1. The minimum atomic E-state index is -0.104. The van der Waals surface area contributed by atoms with Crippen molar-refractivity contribution in [2.45, 2.75) is 78.6 Å². The number of allylic oxidation sites excluding steroid dienone is 4. The molecule has 1 saturated carbocycles. The van der Waals surface area contributed by atoms with Gasteiger partial charge >= 0.3 is 0 Å². The Morgan fingerprint density at radius 3 is 2.65 bits per heavy atom.